The lowest BCUT2D eigenvalue weighted by molar-refractivity contribution is -0.121. The molecule has 0 saturated carbocycles. The summed E-state index contributed by atoms with van der Waals surface area (Å²) in [5.74, 6) is 0.445. The molecular weight excluding hydrogens is 302 g/mol. The van der Waals surface area contributed by atoms with Crippen molar-refractivity contribution in [1.29, 1.82) is 0 Å². The first kappa shape index (κ1) is 16.9. The molecule has 1 amide bonds. The third kappa shape index (κ3) is 5.06. The number of sulfone groups is 1. The minimum Gasteiger partial charge on any atom is -0.350 e. The van der Waals surface area contributed by atoms with E-state index in [0.29, 0.717) is 25.9 Å². The Morgan fingerprint density at radius 1 is 1.45 bits per heavy atom. The Hall–Kier alpha value is -1.47. The predicted molar refractivity (Wildman–Crippen MR) is 85.0 cm³/mol. The van der Waals surface area contributed by atoms with Crippen molar-refractivity contribution in [3.63, 3.8) is 0 Å². The molecule has 0 spiro atoms. The molecule has 2 heterocycles. The lowest BCUT2D eigenvalue weighted by Crippen LogP contribution is -2.38. The molecule has 22 heavy (non-hydrogen) atoms. The van der Waals surface area contributed by atoms with E-state index < -0.39 is 9.84 Å². The van der Waals surface area contributed by atoms with Crippen LogP contribution >= 0.6 is 0 Å². The normalized spacial score (nSPS) is 20.2. The van der Waals surface area contributed by atoms with Gasteiger partial charge < -0.3 is 5.32 Å². The molecule has 1 unspecified atom stereocenters. The van der Waals surface area contributed by atoms with Gasteiger partial charge in [-0.05, 0) is 25.1 Å². The van der Waals surface area contributed by atoms with Gasteiger partial charge in [0.1, 0.15) is 0 Å². The zero-order chi connectivity index (χ0) is 16.0. The van der Waals surface area contributed by atoms with Crippen molar-refractivity contribution in [1.82, 2.24) is 15.2 Å². The Balaban J connectivity index is 1.75. The largest absolute Gasteiger partial charge is 0.350 e. The van der Waals surface area contributed by atoms with Gasteiger partial charge in [-0.15, -0.1) is 0 Å². The summed E-state index contributed by atoms with van der Waals surface area (Å²) < 4.78 is 23.1. The zero-order valence-corrected chi connectivity index (χ0v) is 13.7. The van der Waals surface area contributed by atoms with Crippen LogP contribution in [0.5, 0.6) is 0 Å². The van der Waals surface area contributed by atoms with Crippen molar-refractivity contribution >= 4 is 15.7 Å². The first-order chi connectivity index (χ1) is 10.5. The third-order valence-corrected chi connectivity index (χ3v) is 5.70. The Morgan fingerprint density at radius 2 is 2.27 bits per heavy atom. The zero-order valence-electron chi connectivity index (χ0n) is 12.9. The van der Waals surface area contributed by atoms with E-state index in [-0.39, 0.29) is 23.5 Å². The van der Waals surface area contributed by atoms with Crippen LogP contribution in [-0.2, 0) is 21.2 Å². The maximum atomic E-state index is 11.9. The van der Waals surface area contributed by atoms with Crippen LogP contribution in [0.15, 0.2) is 24.4 Å². The van der Waals surface area contributed by atoms with Gasteiger partial charge in [0.05, 0.1) is 23.7 Å². The number of nitrogens with zero attached hydrogens (tertiary/aromatic N) is 2. The maximum absolute atomic E-state index is 11.9. The summed E-state index contributed by atoms with van der Waals surface area (Å²) in [5.41, 5.74) is 0.824. The van der Waals surface area contributed by atoms with Gasteiger partial charge in [0, 0.05) is 25.2 Å². The summed E-state index contributed by atoms with van der Waals surface area (Å²) in [7, 11) is -2.89. The Morgan fingerprint density at radius 3 is 2.86 bits per heavy atom. The summed E-state index contributed by atoms with van der Waals surface area (Å²) in [6, 6.07) is 5.63. The smallest absolute Gasteiger partial charge is 0.221 e. The van der Waals surface area contributed by atoms with E-state index in [1.165, 1.54) is 0 Å². The van der Waals surface area contributed by atoms with Gasteiger partial charge in [0.2, 0.25) is 5.91 Å². The highest BCUT2D eigenvalue weighted by Gasteiger charge is 2.31. The molecule has 1 aliphatic heterocycles. The molecule has 1 fully saturated rings. The second kappa shape index (κ2) is 7.69. The minimum absolute atomic E-state index is 0.0371. The standard InChI is InChI=1S/C15H23N3O3S/c1-2-18(14-7-10-22(20,21)12-14)9-6-15(19)17-11-13-5-3-4-8-16-13/h3-5,8,14H,2,6-7,9-12H2,1H3,(H,17,19). The van der Waals surface area contributed by atoms with E-state index in [1.807, 2.05) is 25.1 Å². The molecule has 6 nitrogen and oxygen atoms in total. The average Bonchev–Trinajstić information content (AvgIpc) is 2.87. The number of amides is 1. The van der Waals surface area contributed by atoms with Crippen molar-refractivity contribution in [2.75, 3.05) is 24.6 Å². The molecule has 0 bridgehead atoms. The number of carbonyl (C=O) groups excluding carboxylic acids is 1. The fraction of sp³-hybridized carbons (Fsp3) is 0.600. The van der Waals surface area contributed by atoms with Crippen LogP contribution in [0.25, 0.3) is 0 Å². The van der Waals surface area contributed by atoms with Crippen LogP contribution in [0, 0.1) is 0 Å². The summed E-state index contributed by atoms with van der Waals surface area (Å²) in [6.45, 7) is 3.76. The van der Waals surface area contributed by atoms with Crippen molar-refractivity contribution in [2.24, 2.45) is 0 Å². The molecule has 0 aliphatic carbocycles. The second-order valence-electron chi connectivity index (χ2n) is 5.53. The average molecular weight is 325 g/mol. The summed E-state index contributed by atoms with van der Waals surface area (Å²) in [4.78, 5) is 18.1. The van der Waals surface area contributed by atoms with E-state index in [1.54, 1.807) is 6.20 Å². The predicted octanol–water partition coefficient (Wildman–Crippen LogP) is 0.597. The molecule has 7 heteroatoms. The number of hydrogen-bond donors (Lipinski definition) is 1. The molecule has 1 aromatic heterocycles. The first-order valence-corrected chi connectivity index (χ1v) is 9.43. The SMILES string of the molecule is CCN(CCC(=O)NCc1ccccn1)C1CCS(=O)(=O)C1. The van der Waals surface area contributed by atoms with Crippen LogP contribution in [0.1, 0.15) is 25.5 Å². The maximum Gasteiger partial charge on any atom is 0.221 e. The van der Waals surface area contributed by atoms with E-state index in [2.05, 4.69) is 15.2 Å². The number of nitrogens with one attached hydrogen (secondary N) is 1. The van der Waals surface area contributed by atoms with Crippen LogP contribution in [0.2, 0.25) is 0 Å². The highest BCUT2D eigenvalue weighted by molar-refractivity contribution is 7.91. The van der Waals surface area contributed by atoms with Crippen molar-refractivity contribution < 1.29 is 13.2 Å². The van der Waals surface area contributed by atoms with Crippen molar-refractivity contribution in [3.05, 3.63) is 30.1 Å². The summed E-state index contributed by atoms with van der Waals surface area (Å²) in [6.07, 6.45) is 2.74. The lowest BCUT2D eigenvalue weighted by atomic mass is 10.2. The first-order valence-electron chi connectivity index (χ1n) is 7.61. The van der Waals surface area contributed by atoms with Gasteiger partial charge >= 0.3 is 0 Å². The van der Waals surface area contributed by atoms with Gasteiger partial charge in [-0.25, -0.2) is 8.42 Å². The van der Waals surface area contributed by atoms with Crippen molar-refractivity contribution in [2.45, 2.75) is 32.4 Å². The fourth-order valence-electron chi connectivity index (χ4n) is 2.69. The molecule has 1 aromatic rings. The number of hydrogen-bond acceptors (Lipinski definition) is 5. The molecule has 0 aromatic carbocycles. The van der Waals surface area contributed by atoms with Gasteiger partial charge in [-0.1, -0.05) is 13.0 Å². The Kier molecular flexibility index (Phi) is 5.90. The topological polar surface area (TPSA) is 79.4 Å². The van der Waals surface area contributed by atoms with Crippen LogP contribution in [0.3, 0.4) is 0 Å². The van der Waals surface area contributed by atoms with E-state index in [9.17, 15) is 13.2 Å². The van der Waals surface area contributed by atoms with Crippen LogP contribution in [0.4, 0.5) is 0 Å². The molecule has 1 aliphatic rings. The van der Waals surface area contributed by atoms with E-state index in [0.717, 1.165) is 12.2 Å². The molecule has 1 saturated heterocycles. The lowest BCUT2D eigenvalue weighted by Gasteiger charge is -2.26. The number of aromatic nitrogens is 1. The van der Waals surface area contributed by atoms with E-state index >= 15 is 0 Å². The molecule has 1 atom stereocenters. The minimum atomic E-state index is -2.89. The highest BCUT2D eigenvalue weighted by Crippen LogP contribution is 2.17. The van der Waals surface area contributed by atoms with Crippen LogP contribution in [-0.4, -0.2) is 54.8 Å². The summed E-state index contributed by atoms with van der Waals surface area (Å²) in [5, 5.41) is 2.84. The molecule has 0 radical (unpaired) electrons. The van der Waals surface area contributed by atoms with Crippen LogP contribution < -0.4 is 5.32 Å². The Labute approximate surface area is 131 Å². The molecular formula is C15H23N3O3S. The van der Waals surface area contributed by atoms with Crippen molar-refractivity contribution in [3.8, 4) is 0 Å². The number of rotatable bonds is 7. The quantitative estimate of drug-likeness (QED) is 0.794. The molecule has 2 rings (SSSR count). The molecule has 1 N–H and O–H groups in total. The highest BCUT2D eigenvalue weighted by atomic mass is 32.2. The van der Waals surface area contributed by atoms with Gasteiger partial charge in [0.15, 0.2) is 9.84 Å². The number of carbonyl (C=O) groups is 1. The Bertz CT molecular complexity index is 589. The molecule has 122 valence electrons. The van der Waals surface area contributed by atoms with Gasteiger partial charge in [-0.2, -0.15) is 0 Å². The number of pyridine rings is 1. The second-order valence-corrected chi connectivity index (χ2v) is 7.76. The van der Waals surface area contributed by atoms with Gasteiger partial charge in [0.25, 0.3) is 0 Å². The van der Waals surface area contributed by atoms with E-state index in [4.69, 9.17) is 0 Å². The van der Waals surface area contributed by atoms with Gasteiger partial charge in [-0.3, -0.25) is 14.7 Å². The fourth-order valence-corrected chi connectivity index (χ4v) is 4.45. The third-order valence-electron chi connectivity index (χ3n) is 3.95. The summed E-state index contributed by atoms with van der Waals surface area (Å²) >= 11 is 0. The monoisotopic (exact) mass is 325 g/mol.